The molecule has 1 aliphatic rings. The van der Waals surface area contributed by atoms with Gasteiger partial charge in [0, 0.05) is 0 Å². The molecule has 0 bridgehead atoms. The number of benzene rings is 1. The summed E-state index contributed by atoms with van der Waals surface area (Å²) in [7, 11) is 0. The zero-order chi connectivity index (χ0) is 13.8. The van der Waals surface area contributed by atoms with Crippen molar-refractivity contribution in [3.63, 3.8) is 0 Å². The molecule has 102 valence electrons. The fourth-order valence-corrected chi connectivity index (χ4v) is 1.92. The second-order valence-corrected chi connectivity index (χ2v) is 4.77. The molecule has 0 radical (unpaired) electrons. The van der Waals surface area contributed by atoms with Crippen molar-refractivity contribution in [2.45, 2.75) is 31.9 Å². The Morgan fingerprint density at radius 3 is 2.47 bits per heavy atom. The fourth-order valence-electron chi connectivity index (χ4n) is 1.92. The van der Waals surface area contributed by atoms with Crippen LogP contribution in [0.1, 0.15) is 31.4 Å². The van der Waals surface area contributed by atoms with Crippen LogP contribution in [0.2, 0.25) is 0 Å². The standard InChI is InChI=1S/C14H17NO4/c1-9(10-7-8-10)19-14(18)15-12(13(16)17)11-5-3-2-4-6-11/h2-6,9-10,12H,7-8H2,1H3,(H,15,18)(H,16,17). The van der Waals surface area contributed by atoms with Crippen molar-refractivity contribution in [3.05, 3.63) is 35.9 Å². The number of rotatable bonds is 5. The molecule has 1 aliphatic carbocycles. The van der Waals surface area contributed by atoms with E-state index in [-0.39, 0.29) is 6.10 Å². The molecule has 5 nitrogen and oxygen atoms in total. The lowest BCUT2D eigenvalue weighted by Gasteiger charge is -2.17. The average Bonchev–Trinajstić information content (AvgIpc) is 3.21. The van der Waals surface area contributed by atoms with Crippen LogP contribution in [0.25, 0.3) is 0 Å². The van der Waals surface area contributed by atoms with Gasteiger partial charge < -0.3 is 15.2 Å². The maximum atomic E-state index is 11.7. The van der Waals surface area contributed by atoms with Crippen LogP contribution in [0.3, 0.4) is 0 Å². The molecule has 0 heterocycles. The molecule has 1 amide bonds. The van der Waals surface area contributed by atoms with Gasteiger partial charge >= 0.3 is 12.1 Å². The number of carboxylic acids is 1. The zero-order valence-corrected chi connectivity index (χ0v) is 10.7. The third kappa shape index (κ3) is 3.71. The lowest BCUT2D eigenvalue weighted by atomic mass is 10.1. The minimum absolute atomic E-state index is 0.162. The molecule has 1 saturated carbocycles. The average molecular weight is 263 g/mol. The van der Waals surface area contributed by atoms with Crippen molar-refractivity contribution in [2.24, 2.45) is 5.92 Å². The Kier molecular flexibility index (Phi) is 4.04. The first kappa shape index (κ1) is 13.4. The number of alkyl carbamates (subject to hydrolysis) is 1. The Bertz CT molecular complexity index is 456. The molecule has 0 saturated heterocycles. The molecule has 2 unspecified atom stereocenters. The fraction of sp³-hybridized carbons (Fsp3) is 0.429. The summed E-state index contributed by atoms with van der Waals surface area (Å²) in [6, 6.07) is 7.47. The molecule has 0 aromatic heterocycles. The Morgan fingerprint density at radius 1 is 1.32 bits per heavy atom. The predicted octanol–water partition coefficient (Wildman–Crippen LogP) is 2.34. The molecule has 19 heavy (non-hydrogen) atoms. The number of carbonyl (C=O) groups excluding carboxylic acids is 1. The lowest BCUT2D eigenvalue weighted by molar-refractivity contribution is -0.139. The number of hydrogen-bond donors (Lipinski definition) is 2. The van der Waals surface area contributed by atoms with Gasteiger partial charge in [0.25, 0.3) is 0 Å². The Balaban J connectivity index is 1.96. The number of amides is 1. The predicted molar refractivity (Wildman–Crippen MR) is 68.6 cm³/mol. The molecular formula is C14H17NO4. The van der Waals surface area contributed by atoms with Crippen molar-refractivity contribution in [3.8, 4) is 0 Å². The van der Waals surface area contributed by atoms with Gasteiger partial charge in [-0.2, -0.15) is 0 Å². The van der Waals surface area contributed by atoms with Crippen molar-refractivity contribution < 1.29 is 19.4 Å². The number of carbonyl (C=O) groups is 2. The van der Waals surface area contributed by atoms with Gasteiger partial charge in [0.15, 0.2) is 6.04 Å². The van der Waals surface area contributed by atoms with E-state index in [2.05, 4.69) is 5.32 Å². The van der Waals surface area contributed by atoms with Gasteiger partial charge in [0.1, 0.15) is 6.10 Å². The quantitative estimate of drug-likeness (QED) is 0.855. The second-order valence-electron chi connectivity index (χ2n) is 4.77. The van der Waals surface area contributed by atoms with Gasteiger partial charge in [-0.3, -0.25) is 0 Å². The van der Waals surface area contributed by atoms with E-state index in [1.165, 1.54) is 0 Å². The van der Waals surface area contributed by atoms with Gasteiger partial charge in [-0.1, -0.05) is 30.3 Å². The Morgan fingerprint density at radius 2 is 1.95 bits per heavy atom. The van der Waals surface area contributed by atoms with Crippen LogP contribution < -0.4 is 5.32 Å². The van der Waals surface area contributed by atoms with E-state index in [0.717, 1.165) is 12.8 Å². The van der Waals surface area contributed by atoms with Crippen molar-refractivity contribution >= 4 is 12.1 Å². The van der Waals surface area contributed by atoms with Gasteiger partial charge in [0.05, 0.1) is 0 Å². The van der Waals surface area contributed by atoms with Crippen LogP contribution in [-0.4, -0.2) is 23.3 Å². The largest absolute Gasteiger partial charge is 0.479 e. The first-order valence-corrected chi connectivity index (χ1v) is 6.33. The van der Waals surface area contributed by atoms with Crippen LogP contribution >= 0.6 is 0 Å². The van der Waals surface area contributed by atoms with Crippen LogP contribution in [0.5, 0.6) is 0 Å². The summed E-state index contributed by atoms with van der Waals surface area (Å²) >= 11 is 0. The third-order valence-electron chi connectivity index (χ3n) is 3.22. The summed E-state index contributed by atoms with van der Waals surface area (Å²) < 4.78 is 5.16. The molecule has 0 aliphatic heterocycles. The number of aliphatic carboxylic acids is 1. The number of carboxylic acid groups (broad SMARTS) is 1. The summed E-state index contributed by atoms with van der Waals surface area (Å²) in [6.45, 7) is 1.83. The van der Waals surface area contributed by atoms with Crippen LogP contribution in [0.4, 0.5) is 4.79 Å². The summed E-state index contributed by atoms with van der Waals surface area (Å²) in [5.41, 5.74) is 0.519. The number of ether oxygens (including phenoxy) is 1. The molecule has 1 aromatic rings. The maximum Gasteiger partial charge on any atom is 0.408 e. The molecule has 1 fully saturated rings. The normalized spacial score (nSPS) is 17.3. The molecule has 2 atom stereocenters. The van der Waals surface area contributed by atoms with Crippen LogP contribution in [-0.2, 0) is 9.53 Å². The SMILES string of the molecule is CC(OC(=O)NC(C(=O)O)c1ccccc1)C1CC1. The van der Waals surface area contributed by atoms with Crippen LogP contribution in [0, 0.1) is 5.92 Å². The van der Waals surface area contributed by atoms with Gasteiger partial charge in [-0.05, 0) is 31.2 Å². The summed E-state index contributed by atoms with van der Waals surface area (Å²) in [5.74, 6) is -0.687. The second kappa shape index (κ2) is 5.73. The Labute approximate surface area is 111 Å². The lowest BCUT2D eigenvalue weighted by Crippen LogP contribution is -2.36. The Hall–Kier alpha value is -2.04. The number of nitrogens with one attached hydrogen (secondary N) is 1. The highest BCUT2D eigenvalue weighted by molar-refractivity contribution is 5.81. The van der Waals surface area contributed by atoms with E-state index in [1.54, 1.807) is 30.3 Å². The minimum atomic E-state index is -1.11. The topological polar surface area (TPSA) is 75.6 Å². The highest BCUT2D eigenvalue weighted by Crippen LogP contribution is 2.34. The molecule has 5 heteroatoms. The smallest absolute Gasteiger partial charge is 0.408 e. The highest BCUT2D eigenvalue weighted by atomic mass is 16.6. The monoisotopic (exact) mass is 263 g/mol. The van der Waals surface area contributed by atoms with Crippen molar-refractivity contribution in [1.29, 1.82) is 0 Å². The maximum absolute atomic E-state index is 11.7. The first-order valence-electron chi connectivity index (χ1n) is 6.33. The minimum Gasteiger partial charge on any atom is -0.479 e. The summed E-state index contributed by atoms with van der Waals surface area (Å²) in [5, 5.41) is 11.5. The van der Waals surface area contributed by atoms with Gasteiger partial charge in [-0.15, -0.1) is 0 Å². The zero-order valence-electron chi connectivity index (χ0n) is 10.7. The van der Waals surface area contributed by atoms with E-state index in [1.807, 2.05) is 6.92 Å². The van der Waals surface area contributed by atoms with Crippen molar-refractivity contribution in [2.75, 3.05) is 0 Å². The molecule has 1 aromatic carbocycles. The van der Waals surface area contributed by atoms with E-state index in [0.29, 0.717) is 11.5 Å². The molecule has 2 N–H and O–H groups in total. The summed E-state index contributed by atoms with van der Waals surface area (Å²) in [6.07, 6.45) is 1.28. The van der Waals surface area contributed by atoms with E-state index >= 15 is 0 Å². The molecular weight excluding hydrogens is 246 g/mol. The number of hydrogen-bond acceptors (Lipinski definition) is 3. The van der Waals surface area contributed by atoms with E-state index in [9.17, 15) is 9.59 Å². The summed E-state index contributed by atoms with van der Waals surface area (Å²) in [4.78, 5) is 22.9. The van der Waals surface area contributed by atoms with Crippen LogP contribution in [0.15, 0.2) is 30.3 Å². The van der Waals surface area contributed by atoms with Crippen molar-refractivity contribution in [1.82, 2.24) is 5.32 Å². The molecule has 2 rings (SSSR count). The van der Waals surface area contributed by atoms with Gasteiger partial charge in [-0.25, -0.2) is 9.59 Å². The first-order chi connectivity index (χ1) is 9.08. The third-order valence-corrected chi connectivity index (χ3v) is 3.22. The van der Waals surface area contributed by atoms with E-state index in [4.69, 9.17) is 9.84 Å². The van der Waals surface area contributed by atoms with Gasteiger partial charge in [0.2, 0.25) is 0 Å². The highest BCUT2D eigenvalue weighted by Gasteiger charge is 2.31. The molecule has 0 spiro atoms. The van der Waals surface area contributed by atoms with E-state index < -0.39 is 18.1 Å².